The Balaban J connectivity index is 1.95. The Labute approximate surface area is 109 Å². The van der Waals surface area contributed by atoms with Gasteiger partial charge in [-0.05, 0) is 17.7 Å². The molecule has 2 nitrogen and oxygen atoms in total. The van der Waals surface area contributed by atoms with Crippen LogP contribution in [0.1, 0.15) is 11.1 Å². The van der Waals surface area contributed by atoms with Gasteiger partial charge in [0, 0.05) is 37.1 Å². The largest absolute Gasteiger partial charge is 0.308 e. The molecule has 0 fully saturated rings. The molecular weight excluding hydrogens is 258 g/mol. The molecule has 0 aliphatic rings. The minimum Gasteiger partial charge on any atom is -0.308 e. The number of aromatic nitrogens is 1. The second-order valence-electron chi connectivity index (χ2n) is 3.81. The average Bonchev–Trinajstić information content (AvgIpc) is 2.34. The summed E-state index contributed by atoms with van der Waals surface area (Å²) in [5, 5.41) is 3.60. The number of benzene rings is 1. The Morgan fingerprint density at radius 2 is 1.89 bits per heavy atom. The summed E-state index contributed by atoms with van der Waals surface area (Å²) in [4.78, 5) is 3.87. The van der Waals surface area contributed by atoms with E-state index in [0.29, 0.717) is 23.7 Å². The molecule has 2 aromatic rings. The summed E-state index contributed by atoms with van der Waals surface area (Å²) in [6, 6.07) is 5.32. The lowest BCUT2D eigenvalue weighted by Crippen LogP contribution is -2.14. The van der Waals surface area contributed by atoms with Gasteiger partial charge in [0.1, 0.15) is 11.6 Å². The molecule has 0 bridgehead atoms. The van der Waals surface area contributed by atoms with Gasteiger partial charge in [0.2, 0.25) is 0 Å². The van der Waals surface area contributed by atoms with Crippen LogP contribution in [-0.2, 0) is 13.1 Å². The van der Waals surface area contributed by atoms with Gasteiger partial charge in [-0.25, -0.2) is 8.78 Å². The van der Waals surface area contributed by atoms with Crippen LogP contribution in [0.2, 0.25) is 5.02 Å². The van der Waals surface area contributed by atoms with E-state index in [2.05, 4.69) is 10.3 Å². The first kappa shape index (κ1) is 12.9. The highest BCUT2D eigenvalue weighted by Gasteiger charge is 2.04. The van der Waals surface area contributed by atoms with E-state index < -0.39 is 11.6 Å². The van der Waals surface area contributed by atoms with Crippen LogP contribution in [0.15, 0.2) is 36.7 Å². The second kappa shape index (κ2) is 5.89. The molecule has 1 aromatic heterocycles. The third-order valence-electron chi connectivity index (χ3n) is 2.50. The van der Waals surface area contributed by atoms with Crippen molar-refractivity contribution in [1.29, 1.82) is 0 Å². The Kier molecular flexibility index (Phi) is 4.23. The first-order valence-electron chi connectivity index (χ1n) is 5.40. The van der Waals surface area contributed by atoms with Crippen LogP contribution in [0, 0.1) is 11.6 Å². The van der Waals surface area contributed by atoms with Crippen LogP contribution in [0.25, 0.3) is 0 Å². The fourth-order valence-electron chi connectivity index (χ4n) is 1.54. The average molecular weight is 269 g/mol. The summed E-state index contributed by atoms with van der Waals surface area (Å²) in [5.74, 6) is -1.13. The Morgan fingerprint density at radius 3 is 2.61 bits per heavy atom. The molecule has 1 N–H and O–H groups in total. The number of pyridine rings is 1. The topological polar surface area (TPSA) is 24.9 Å². The number of rotatable bonds is 4. The Morgan fingerprint density at radius 1 is 1.11 bits per heavy atom. The van der Waals surface area contributed by atoms with Gasteiger partial charge in [-0.2, -0.15) is 0 Å². The zero-order chi connectivity index (χ0) is 13.0. The van der Waals surface area contributed by atoms with Crippen molar-refractivity contribution in [2.45, 2.75) is 13.1 Å². The quantitative estimate of drug-likeness (QED) is 0.920. The zero-order valence-corrected chi connectivity index (χ0v) is 10.2. The van der Waals surface area contributed by atoms with Crippen LogP contribution in [0.5, 0.6) is 0 Å². The molecule has 94 valence electrons. The lowest BCUT2D eigenvalue weighted by Gasteiger charge is -2.07. The van der Waals surface area contributed by atoms with Crippen molar-refractivity contribution in [1.82, 2.24) is 10.3 Å². The normalized spacial score (nSPS) is 10.6. The van der Waals surface area contributed by atoms with Gasteiger partial charge in [0.05, 0.1) is 5.02 Å². The summed E-state index contributed by atoms with van der Waals surface area (Å²) in [6.45, 7) is 0.808. The van der Waals surface area contributed by atoms with Crippen molar-refractivity contribution in [3.63, 3.8) is 0 Å². The second-order valence-corrected chi connectivity index (χ2v) is 4.21. The third-order valence-corrected chi connectivity index (χ3v) is 2.84. The maximum Gasteiger partial charge on any atom is 0.130 e. The Bertz CT molecular complexity index is 546. The van der Waals surface area contributed by atoms with E-state index in [4.69, 9.17) is 11.6 Å². The predicted octanol–water partition coefficient (Wildman–Crippen LogP) is 3.30. The maximum absolute atomic E-state index is 13.3. The van der Waals surface area contributed by atoms with Crippen LogP contribution in [-0.4, -0.2) is 4.98 Å². The van der Waals surface area contributed by atoms with Crippen molar-refractivity contribution in [3.8, 4) is 0 Å². The molecule has 0 atom stereocenters. The van der Waals surface area contributed by atoms with Crippen LogP contribution >= 0.6 is 11.6 Å². The summed E-state index contributed by atoms with van der Waals surface area (Å²) < 4.78 is 26.0. The maximum atomic E-state index is 13.3. The Hall–Kier alpha value is -1.52. The molecule has 0 unspecified atom stereocenters. The monoisotopic (exact) mass is 268 g/mol. The summed E-state index contributed by atoms with van der Waals surface area (Å²) in [7, 11) is 0. The standard InChI is InChI=1S/C13H11ClF2N2/c14-12-8-17-4-3-9(12)6-18-7-10-1-2-11(15)5-13(10)16/h1-5,8,18H,6-7H2. The lowest BCUT2D eigenvalue weighted by atomic mass is 10.2. The molecule has 1 aromatic carbocycles. The lowest BCUT2D eigenvalue weighted by molar-refractivity contribution is 0.560. The first-order chi connectivity index (χ1) is 8.66. The molecule has 0 radical (unpaired) electrons. The molecule has 5 heteroatoms. The van der Waals surface area contributed by atoms with E-state index >= 15 is 0 Å². The van der Waals surface area contributed by atoms with Crippen molar-refractivity contribution in [3.05, 3.63) is 64.4 Å². The van der Waals surface area contributed by atoms with E-state index in [1.165, 1.54) is 12.1 Å². The summed E-state index contributed by atoms with van der Waals surface area (Å²) in [6.07, 6.45) is 3.19. The van der Waals surface area contributed by atoms with Gasteiger partial charge in [-0.3, -0.25) is 4.98 Å². The number of hydrogen-bond acceptors (Lipinski definition) is 2. The highest BCUT2D eigenvalue weighted by Crippen LogP contribution is 2.13. The van der Waals surface area contributed by atoms with E-state index in [0.717, 1.165) is 11.6 Å². The molecule has 0 aliphatic heterocycles. The molecule has 2 rings (SSSR count). The highest BCUT2D eigenvalue weighted by atomic mass is 35.5. The SMILES string of the molecule is Fc1ccc(CNCc2ccncc2Cl)c(F)c1. The molecular formula is C13H11ClF2N2. The van der Waals surface area contributed by atoms with Crippen molar-refractivity contribution >= 4 is 11.6 Å². The molecule has 0 amide bonds. The third kappa shape index (κ3) is 3.24. The number of hydrogen-bond donors (Lipinski definition) is 1. The first-order valence-corrected chi connectivity index (χ1v) is 5.77. The molecule has 0 saturated heterocycles. The highest BCUT2D eigenvalue weighted by molar-refractivity contribution is 6.31. The summed E-state index contributed by atoms with van der Waals surface area (Å²) in [5.41, 5.74) is 1.30. The predicted molar refractivity (Wildman–Crippen MR) is 66.1 cm³/mol. The molecule has 18 heavy (non-hydrogen) atoms. The van der Waals surface area contributed by atoms with E-state index in [1.54, 1.807) is 18.5 Å². The van der Waals surface area contributed by atoms with Gasteiger partial charge in [0.25, 0.3) is 0 Å². The smallest absolute Gasteiger partial charge is 0.130 e. The minimum atomic E-state index is -0.576. The van der Waals surface area contributed by atoms with Crippen molar-refractivity contribution in [2.24, 2.45) is 0 Å². The van der Waals surface area contributed by atoms with Crippen molar-refractivity contribution < 1.29 is 8.78 Å². The molecule has 1 heterocycles. The molecule has 0 aliphatic carbocycles. The van der Waals surface area contributed by atoms with E-state index in [1.807, 2.05) is 0 Å². The van der Waals surface area contributed by atoms with Crippen LogP contribution in [0.4, 0.5) is 8.78 Å². The fraction of sp³-hybridized carbons (Fsp3) is 0.154. The van der Waals surface area contributed by atoms with Gasteiger partial charge in [-0.15, -0.1) is 0 Å². The van der Waals surface area contributed by atoms with Gasteiger partial charge >= 0.3 is 0 Å². The van der Waals surface area contributed by atoms with Gasteiger partial charge in [-0.1, -0.05) is 17.7 Å². The molecule has 0 saturated carbocycles. The van der Waals surface area contributed by atoms with E-state index in [-0.39, 0.29) is 0 Å². The minimum absolute atomic E-state index is 0.310. The zero-order valence-electron chi connectivity index (χ0n) is 9.46. The fourth-order valence-corrected chi connectivity index (χ4v) is 1.73. The van der Waals surface area contributed by atoms with Crippen molar-refractivity contribution in [2.75, 3.05) is 0 Å². The van der Waals surface area contributed by atoms with Gasteiger partial charge in [0.15, 0.2) is 0 Å². The van der Waals surface area contributed by atoms with Gasteiger partial charge < -0.3 is 5.32 Å². The van der Waals surface area contributed by atoms with Crippen LogP contribution < -0.4 is 5.32 Å². The van der Waals surface area contributed by atoms with Crippen LogP contribution in [0.3, 0.4) is 0 Å². The number of nitrogens with one attached hydrogen (secondary N) is 1. The number of halogens is 3. The molecule has 0 spiro atoms. The van der Waals surface area contributed by atoms with E-state index in [9.17, 15) is 8.78 Å². The summed E-state index contributed by atoms with van der Waals surface area (Å²) >= 11 is 5.93. The number of nitrogens with zero attached hydrogens (tertiary/aromatic N) is 1.